The maximum absolute atomic E-state index is 13.4. The van der Waals surface area contributed by atoms with Crippen LogP contribution in [0.4, 0.5) is 10.1 Å². The van der Waals surface area contributed by atoms with Crippen molar-refractivity contribution in [3.05, 3.63) is 29.6 Å². The number of aryl methyl sites for hydroxylation is 1. The van der Waals surface area contributed by atoms with E-state index < -0.39 is 6.10 Å². The molecule has 0 spiro atoms. The third-order valence-electron chi connectivity index (χ3n) is 2.51. The summed E-state index contributed by atoms with van der Waals surface area (Å²) in [5, 5.41) is 12.5. The van der Waals surface area contributed by atoms with Gasteiger partial charge in [-0.3, -0.25) is 0 Å². The smallest absolute Gasteiger partial charge is 0.146 e. The highest BCUT2D eigenvalue weighted by Gasteiger charge is 2.26. The van der Waals surface area contributed by atoms with Crippen molar-refractivity contribution in [3.8, 4) is 0 Å². The van der Waals surface area contributed by atoms with Crippen molar-refractivity contribution in [3.63, 3.8) is 0 Å². The van der Waals surface area contributed by atoms with Crippen molar-refractivity contribution in [2.24, 2.45) is 0 Å². The molecule has 0 bridgehead atoms. The number of aliphatic hydroxyl groups excluding tert-OH is 1. The summed E-state index contributed by atoms with van der Waals surface area (Å²) in [5.41, 5.74) is 1.40. The minimum atomic E-state index is -0.565. The number of aliphatic hydroxyl groups is 1. The Morgan fingerprint density at radius 2 is 2.27 bits per heavy atom. The van der Waals surface area contributed by atoms with Gasteiger partial charge in [0.2, 0.25) is 0 Å². The zero-order valence-corrected chi connectivity index (χ0v) is 8.53. The second-order valence-corrected chi connectivity index (χ2v) is 3.84. The molecule has 0 aromatic heterocycles. The van der Waals surface area contributed by atoms with E-state index in [4.69, 9.17) is 4.74 Å². The van der Waals surface area contributed by atoms with E-state index in [1.807, 2.05) is 6.92 Å². The molecule has 1 saturated heterocycles. The van der Waals surface area contributed by atoms with Crippen molar-refractivity contribution in [2.75, 3.05) is 18.5 Å². The van der Waals surface area contributed by atoms with Gasteiger partial charge in [0.05, 0.1) is 31.0 Å². The second-order valence-electron chi connectivity index (χ2n) is 3.84. The first-order valence-corrected chi connectivity index (χ1v) is 4.95. The summed E-state index contributed by atoms with van der Waals surface area (Å²) in [4.78, 5) is 0. The van der Waals surface area contributed by atoms with E-state index >= 15 is 0 Å². The second kappa shape index (κ2) is 4.16. The van der Waals surface area contributed by atoms with Gasteiger partial charge in [-0.05, 0) is 24.6 Å². The van der Waals surface area contributed by atoms with Gasteiger partial charge < -0.3 is 15.2 Å². The van der Waals surface area contributed by atoms with Crippen LogP contribution in [0.15, 0.2) is 18.2 Å². The highest BCUT2D eigenvalue weighted by atomic mass is 19.1. The van der Waals surface area contributed by atoms with E-state index in [2.05, 4.69) is 5.32 Å². The van der Waals surface area contributed by atoms with Crippen LogP contribution in [0.25, 0.3) is 0 Å². The Labute approximate surface area is 87.9 Å². The van der Waals surface area contributed by atoms with Crippen molar-refractivity contribution in [1.29, 1.82) is 0 Å². The Hall–Kier alpha value is -1.13. The van der Waals surface area contributed by atoms with E-state index in [1.165, 1.54) is 6.07 Å². The quantitative estimate of drug-likeness (QED) is 0.775. The van der Waals surface area contributed by atoms with Crippen LogP contribution in [0.1, 0.15) is 5.56 Å². The monoisotopic (exact) mass is 211 g/mol. The van der Waals surface area contributed by atoms with Gasteiger partial charge in [-0.1, -0.05) is 6.07 Å². The van der Waals surface area contributed by atoms with Crippen LogP contribution in [0.3, 0.4) is 0 Å². The highest BCUT2D eigenvalue weighted by Crippen LogP contribution is 2.19. The van der Waals surface area contributed by atoms with E-state index in [0.717, 1.165) is 5.56 Å². The average molecular weight is 211 g/mol. The molecule has 3 nitrogen and oxygen atoms in total. The molecule has 1 aliphatic rings. The fourth-order valence-electron chi connectivity index (χ4n) is 1.63. The van der Waals surface area contributed by atoms with Crippen LogP contribution in [0.5, 0.6) is 0 Å². The fraction of sp³-hybridized carbons (Fsp3) is 0.455. The topological polar surface area (TPSA) is 41.5 Å². The summed E-state index contributed by atoms with van der Waals surface area (Å²) in [7, 11) is 0. The van der Waals surface area contributed by atoms with E-state index in [9.17, 15) is 9.50 Å². The number of hydrogen-bond donors (Lipinski definition) is 2. The molecule has 2 atom stereocenters. The first-order chi connectivity index (χ1) is 7.16. The number of benzene rings is 1. The van der Waals surface area contributed by atoms with Crippen molar-refractivity contribution < 1.29 is 14.2 Å². The minimum absolute atomic E-state index is 0.221. The SMILES string of the molecule is Cc1ccc(F)c(NC2COCC2O)c1. The number of halogens is 1. The standard InChI is InChI=1S/C11H14FNO2/c1-7-2-3-8(12)9(4-7)13-10-5-15-6-11(10)14/h2-4,10-11,13-14H,5-6H2,1H3. The van der Waals surface area contributed by atoms with Crippen LogP contribution in [0.2, 0.25) is 0 Å². The number of nitrogens with one attached hydrogen (secondary N) is 1. The molecule has 0 amide bonds. The lowest BCUT2D eigenvalue weighted by atomic mass is 10.1. The predicted octanol–water partition coefficient (Wildman–Crippen LogP) is 1.31. The lowest BCUT2D eigenvalue weighted by Gasteiger charge is -2.16. The molecule has 2 rings (SSSR count). The fourth-order valence-corrected chi connectivity index (χ4v) is 1.63. The van der Waals surface area contributed by atoms with Gasteiger partial charge in [0.15, 0.2) is 0 Å². The zero-order chi connectivity index (χ0) is 10.8. The molecule has 15 heavy (non-hydrogen) atoms. The number of anilines is 1. The van der Waals surface area contributed by atoms with Crippen molar-refractivity contribution in [1.82, 2.24) is 0 Å². The lowest BCUT2D eigenvalue weighted by molar-refractivity contribution is 0.125. The van der Waals surface area contributed by atoms with Crippen molar-refractivity contribution >= 4 is 5.69 Å². The third-order valence-corrected chi connectivity index (χ3v) is 2.51. The van der Waals surface area contributed by atoms with E-state index in [1.54, 1.807) is 12.1 Å². The predicted molar refractivity (Wildman–Crippen MR) is 55.4 cm³/mol. The van der Waals surface area contributed by atoms with Gasteiger partial charge in [-0.2, -0.15) is 0 Å². The highest BCUT2D eigenvalue weighted by molar-refractivity contribution is 5.48. The van der Waals surface area contributed by atoms with Crippen LogP contribution < -0.4 is 5.32 Å². The average Bonchev–Trinajstić information content (AvgIpc) is 2.58. The Morgan fingerprint density at radius 1 is 1.47 bits per heavy atom. The van der Waals surface area contributed by atoms with Crippen LogP contribution in [0, 0.1) is 12.7 Å². The Kier molecular flexibility index (Phi) is 2.88. The summed E-state index contributed by atoms with van der Waals surface area (Å²) in [5.74, 6) is -0.306. The summed E-state index contributed by atoms with van der Waals surface area (Å²) < 4.78 is 18.4. The first-order valence-electron chi connectivity index (χ1n) is 4.95. The molecular formula is C11H14FNO2. The van der Waals surface area contributed by atoms with Gasteiger partial charge in [-0.25, -0.2) is 4.39 Å². The van der Waals surface area contributed by atoms with E-state index in [-0.39, 0.29) is 11.9 Å². The summed E-state index contributed by atoms with van der Waals surface area (Å²) in [6.07, 6.45) is -0.565. The molecule has 0 radical (unpaired) electrons. The number of ether oxygens (including phenoxy) is 1. The first kappa shape index (κ1) is 10.4. The van der Waals surface area contributed by atoms with Gasteiger partial charge in [0.25, 0.3) is 0 Å². The molecule has 0 saturated carbocycles. The van der Waals surface area contributed by atoms with Gasteiger partial charge in [-0.15, -0.1) is 0 Å². The Bertz CT molecular complexity index is 356. The van der Waals surface area contributed by atoms with Crippen molar-refractivity contribution in [2.45, 2.75) is 19.1 Å². The number of rotatable bonds is 2. The molecule has 1 aromatic carbocycles. The normalized spacial score (nSPS) is 25.5. The van der Waals surface area contributed by atoms with E-state index in [0.29, 0.717) is 18.9 Å². The van der Waals surface area contributed by atoms with Gasteiger partial charge in [0.1, 0.15) is 5.82 Å². The third kappa shape index (κ3) is 2.27. The van der Waals surface area contributed by atoms with Crippen LogP contribution >= 0.6 is 0 Å². The summed E-state index contributed by atoms with van der Waals surface area (Å²) in [6.45, 7) is 2.62. The lowest BCUT2D eigenvalue weighted by Crippen LogP contribution is -2.32. The molecule has 1 heterocycles. The maximum Gasteiger partial charge on any atom is 0.146 e. The molecule has 82 valence electrons. The summed E-state index contributed by atoms with van der Waals surface area (Å²) >= 11 is 0. The molecule has 0 aliphatic carbocycles. The van der Waals surface area contributed by atoms with Crippen LogP contribution in [-0.4, -0.2) is 30.5 Å². The molecule has 1 aliphatic heterocycles. The Balaban J connectivity index is 2.12. The zero-order valence-electron chi connectivity index (χ0n) is 8.53. The van der Waals surface area contributed by atoms with Gasteiger partial charge in [0, 0.05) is 0 Å². The van der Waals surface area contributed by atoms with Crippen LogP contribution in [-0.2, 0) is 4.74 Å². The Morgan fingerprint density at radius 3 is 2.93 bits per heavy atom. The molecular weight excluding hydrogens is 197 g/mol. The molecule has 2 N–H and O–H groups in total. The molecule has 2 unspecified atom stereocenters. The molecule has 1 aromatic rings. The molecule has 1 fully saturated rings. The number of hydrogen-bond acceptors (Lipinski definition) is 3. The van der Waals surface area contributed by atoms with Gasteiger partial charge >= 0.3 is 0 Å². The summed E-state index contributed by atoms with van der Waals surface area (Å²) in [6, 6.07) is 4.63. The molecule has 4 heteroatoms. The maximum atomic E-state index is 13.4. The minimum Gasteiger partial charge on any atom is -0.388 e. The largest absolute Gasteiger partial charge is 0.388 e.